The summed E-state index contributed by atoms with van der Waals surface area (Å²) in [4.78, 5) is 11.1. The molecule has 2 aliphatic rings. The van der Waals surface area contributed by atoms with Gasteiger partial charge in [-0.2, -0.15) is 27.6 Å². The number of alkyl halides is 3. The van der Waals surface area contributed by atoms with Gasteiger partial charge in [0.05, 0.1) is 17.2 Å². The van der Waals surface area contributed by atoms with Crippen LogP contribution >= 0.6 is 0 Å². The van der Waals surface area contributed by atoms with Gasteiger partial charge in [0, 0.05) is 44.5 Å². The second kappa shape index (κ2) is 11.9. The fraction of sp³-hybridized carbons (Fsp3) is 0.414. The highest BCUT2D eigenvalue weighted by Crippen LogP contribution is 2.41. The highest BCUT2D eigenvalue weighted by atomic mass is 32.2. The monoisotopic (exact) mass is 634 g/mol. The summed E-state index contributed by atoms with van der Waals surface area (Å²) in [6.07, 6.45) is -0.530. The molecule has 4 aromatic rings. The minimum absolute atomic E-state index is 0.0144. The molecule has 0 aliphatic carbocycles. The summed E-state index contributed by atoms with van der Waals surface area (Å²) < 4.78 is 95.7. The molecule has 10 nitrogen and oxygen atoms in total. The van der Waals surface area contributed by atoms with E-state index in [1.807, 2.05) is 4.90 Å². The fourth-order valence-corrected chi connectivity index (χ4v) is 6.23. The van der Waals surface area contributed by atoms with Gasteiger partial charge in [-0.25, -0.2) is 22.5 Å². The number of rotatable bonds is 7. The van der Waals surface area contributed by atoms with Gasteiger partial charge in [0.2, 0.25) is 16.0 Å². The van der Waals surface area contributed by atoms with Crippen molar-refractivity contribution in [2.45, 2.75) is 38.3 Å². The number of ether oxygens (including phenoxy) is 2. The molecule has 0 bridgehead atoms. The largest absolute Gasteiger partial charge is 0.486 e. The zero-order valence-corrected chi connectivity index (χ0v) is 24.6. The van der Waals surface area contributed by atoms with Gasteiger partial charge in [-0.3, -0.25) is 0 Å². The van der Waals surface area contributed by atoms with E-state index >= 15 is 4.39 Å². The van der Waals surface area contributed by atoms with Gasteiger partial charge in [0.25, 0.3) is 0 Å². The van der Waals surface area contributed by atoms with Crippen molar-refractivity contribution in [1.82, 2.24) is 24.1 Å². The molecule has 15 heteroatoms. The number of benzene rings is 2. The maximum Gasteiger partial charge on any atom is 0.419 e. The minimum Gasteiger partial charge on any atom is -0.486 e. The number of fused-ring (bicyclic) bond motifs is 1. The summed E-state index contributed by atoms with van der Waals surface area (Å²) in [5.74, 6) is -1.74. The lowest BCUT2D eigenvalue weighted by atomic mass is 10.0. The van der Waals surface area contributed by atoms with E-state index in [0.29, 0.717) is 48.7 Å². The van der Waals surface area contributed by atoms with E-state index in [0.717, 1.165) is 25.2 Å². The number of sulfonamides is 1. The number of anilines is 1. The Bertz CT molecular complexity index is 1750. The van der Waals surface area contributed by atoms with Crippen LogP contribution in [0.1, 0.15) is 36.6 Å². The molecule has 0 saturated carbocycles. The Morgan fingerprint density at radius 2 is 1.82 bits per heavy atom. The molecular formula is C29H30F4N6O4S. The zero-order valence-electron chi connectivity index (χ0n) is 23.8. The highest BCUT2D eigenvalue weighted by molar-refractivity contribution is 7.88. The predicted molar refractivity (Wildman–Crippen MR) is 154 cm³/mol. The van der Waals surface area contributed by atoms with E-state index in [4.69, 9.17) is 14.5 Å². The van der Waals surface area contributed by atoms with E-state index in [1.54, 1.807) is 35.0 Å². The average Bonchev–Trinajstić information content (AvgIpc) is 3.39. The standard InChI is InChI=1S/C29H30F4N6O4S/c1-44(40,41)38-12-10-37(11-13-38)28-34-17-21-26(36-39(27(21)35-28)24-9-5-6-14-42-24)20-15-22(29(31,32)33)25(30)23(16-20)43-18-19-7-3-2-4-8-19/h2-4,7-8,15-17,24H,5-6,9-14,18H2,1H3. The normalized spacial score (nSPS) is 18.6. The summed E-state index contributed by atoms with van der Waals surface area (Å²) in [6.45, 7) is 1.58. The van der Waals surface area contributed by atoms with Gasteiger partial charge in [-0.15, -0.1) is 0 Å². The number of hydrogen-bond acceptors (Lipinski definition) is 8. The Morgan fingerprint density at radius 3 is 2.48 bits per heavy atom. The Kier molecular flexibility index (Phi) is 8.20. The van der Waals surface area contributed by atoms with Gasteiger partial charge in [-0.05, 0) is 37.0 Å². The van der Waals surface area contributed by atoms with Crippen LogP contribution in [0.5, 0.6) is 5.75 Å². The third-order valence-electron chi connectivity index (χ3n) is 7.71. The molecular weight excluding hydrogens is 604 g/mol. The first-order valence-corrected chi connectivity index (χ1v) is 16.0. The van der Waals surface area contributed by atoms with Crippen LogP contribution < -0.4 is 9.64 Å². The van der Waals surface area contributed by atoms with Gasteiger partial charge >= 0.3 is 6.18 Å². The third-order valence-corrected chi connectivity index (χ3v) is 9.01. The van der Waals surface area contributed by atoms with Crippen LogP contribution in [0.15, 0.2) is 48.7 Å². The quantitative estimate of drug-likeness (QED) is 0.262. The Labute approximate surface area is 251 Å². The fourth-order valence-electron chi connectivity index (χ4n) is 5.40. The molecule has 2 fully saturated rings. The smallest absolute Gasteiger partial charge is 0.419 e. The van der Waals surface area contributed by atoms with Crippen molar-refractivity contribution >= 4 is 27.0 Å². The summed E-state index contributed by atoms with van der Waals surface area (Å²) in [6, 6.07) is 10.7. The SMILES string of the molecule is CS(=O)(=O)N1CCN(c2ncc3c(-c4cc(OCc5ccccc5)c(F)c(C(F)(F)F)c4)nn(C4CCCCO4)c3n2)CC1. The van der Waals surface area contributed by atoms with E-state index in [2.05, 4.69) is 10.1 Å². The van der Waals surface area contributed by atoms with Crippen molar-refractivity contribution in [1.29, 1.82) is 0 Å². The van der Waals surface area contributed by atoms with Crippen LogP contribution in [0.3, 0.4) is 0 Å². The van der Waals surface area contributed by atoms with Crippen LogP contribution in [-0.2, 0) is 27.5 Å². The van der Waals surface area contributed by atoms with E-state index < -0.39 is 39.6 Å². The third kappa shape index (κ3) is 6.21. The highest BCUT2D eigenvalue weighted by Gasteiger charge is 2.37. The first-order valence-electron chi connectivity index (χ1n) is 14.1. The maximum atomic E-state index is 15.2. The molecule has 234 valence electrons. The molecule has 0 N–H and O–H groups in total. The Morgan fingerprint density at radius 1 is 1.07 bits per heavy atom. The number of aromatic nitrogens is 4. The van der Waals surface area contributed by atoms with Crippen LogP contribution in [-0.4, -0.2) is 71.5 Å². The molecule has 4 heterocycles. The average molecular weight is 635 g/mol. The summed E-state index contributed by atoms with van der Waals surface area (Å²) in [5, 5.41) is 5.02. The van der Waals surface area contributed by atoms with E-state index in [-0.39, 0.29) is 31.0 Å². The molecule has 0 radical (unpaired) electrons. The second-order valence-corrected chi connectivity index (χ2v) is 12.8. The lowest BCUT2D eigenvalue weighted by Crippen LogP contribution is -2.48. The molecule has 44 heavy (non-hydrogen) atoms. The summed E-state index contributed by atoms with van der Waals surface area (Å²) in [5.41, 5.74) is -0.367. The number of hydrogen-bond donors (Lipinski definition) is 0. The number of nitrogens with zero attached hydrogens (tertiary/aromatic N) is 6. The molecule has 1 unspecified atom stereocenters. The topological polar surface area (TPSA) is 103 Å². The first-order chi connectivity index (χ1) is 21.0. The van der Waals surface area contributed by atoms with Crippen LogP contribution in [0, 0.1) is 5.82 Å². The molecule has 2 aliphatic heterocycles. The molecule has 0 amide bonds. The lowest BCUT2D eigenvalue weighted by molar-refractivity contribution is -0.140. The van der Waals surface area contributed by atoms with E-state index in [1.165, 1.54) is 16.6 Å². The first kappa shape index (κ1) is 30.2. The molecule has 0 spiro atoms. The van der Waals surface area contributed by atoms with Gasteiger partial charge < -0.3 is 14.4 Å². The van der Waals surface area contributed by atoms with Crippen molar-refractivity contribution < 1.29 is 35.5 Å². The summed E-state index contributed by atoms with van der Waals surface area (Å²) in [7, 11) is -3.34. The van der Waals surface area contributed by atoms with Gasteiger partial charge in [0.15, 0.2) is 23.4 Å². The second-order valence-electron chi connectivity index (χ2n) is 10.8. The van der Waals surface area contributed by atoms with Crippen molar-refractivity contribution in [3.8, 4) is 17.0 Å². The predicted octanol–water partition coefficient (Wildman–Crippen LogP) is 5.01. The lowest BCUT2D eigenvalue weighted by Gasteiger charge is -2.33. The van der Waals surface area contributed by atoms with Crippen molar-refractivity contribution in [2.75, 3.05) is 43.9 Å². The van der Waals surface area contributed by atoms with Gasteiger partial charge in [0.1, 0.15) is 12.3 Å². The van der Waals surface area contributed by atoms with Crippen LogP contribution in [0.4, 0.5) is 23.5 Å². The Hall–Kier alpha value is -3.82. The van der Waals surface area contributed by atoms with Crippen LogP contribution in [0.25, 0.3) is 22.3 Å². The van der Waals surface area contributed by atoms with Crippen LogP contribution in [0.2, 0.25) is 0 Å². The molecule has 1 atom stereocenters. The van der Waals surface area contributed by atoms with Crippen molar-refractivity contribution in [3.63, 3.8) is 0 Å². The maximum absolute atomic E-state index is 15.2. The van der Waals surface area contributed by atoms with E-state index in [9.17, 15) is 21.6 Å². The molecule has 6 rings (SSSR count). The van der Waals surface area contributed by atoms with Gasteiger partial charge in [-0.1, -0.05) is 30.3 Å². The number of piperazine rings is 1. The molecule has 2 aromatic carbocycles. The molecule has 2 aromatic heterocycles. The van der Waals surface area contributed by atoms with Crippen molar-refractivity contribution in [2.24, 2.45) is 0 Å². The molecule has 2 saturated heterocycles. The number of halogens is 4. The summed E-state index contributed by atoms with van der Waals surface area (Å²) >= 11 is 0. The Balaban J connectivity index is 1.42. The zero-order chi connectivity index (χ0) is 31.1. The minimum atomic E-state index is -4.99. The van der Waals surface area contributed by atoms with Crippen molar-refractivity contribution in [3.05, 3.63) is 65.6 Å².